The Morgan fingerprint density at radius 3 is 2.41 bits per heavy atom. The van der Waals surface area contributed by atoms with Gasteiger partial charge in [-0.1, -0.05) is 82.9 Å². The molecule has 0 radical (unpaired) electrons. The molecule has 0 bridgehead atoms. The predicted octanol–water partition coefficient (Wildman–Crippen LogP) is 5.79. The van der Waals surface area contributed by atoms with E-state index in [0.717, 1.165) is 30.9 Å². The number of amidine groups is 1. The van der Waals surface area contributed by atoms with Gasteiger partial charge in [0.15, 0.2) is 5.17 Å². The highest BCUT2D eigenvalue weighted by molar-refractivity contribution is 8.16. The van der Waals surface area contributed by atoms with Crippen molar-refractivity contribution in [2.24, 2.45) is 4.99 Å². The molecular weight excluding hydrogens is 356 g/mol. The van der Waals surface area contributed by atoms with Gasteiger partial charge < -0.3 is 5.32 Å². The topological polar surface area (TPSA) is 58.5 Å². The zero-order valence-corrected chi connectivity index (χ0v) is 18.2. The molecule has 154 valence electrons. The Morgan fingerprint density at radius 2 is 1.70 bits per heavy atom. The van der Waals surface area contributed by atoms with E-state index in [1.807, 2.05) is 6.92 Å². The molecule has 0 aromatic rings. The number of carbonyl (C=O) groups excluding carboxylic acids is 2. The normalized spacial score (nSPS) is 26.0. The minimum absolute atomic E-state index is 0.0478. The first-order chi connectivity index (χ1) is 13.0. The largest absolute Gasteiger partial charge is 0.304 e. The Labute approximate surface area is 169 Å². The van der Waals surface area contributed by atoms with E-state index in [0.29, 0.717) is 18.9 Å². The maximum absolute atomic E-state index is 12.5. The average Bonchev–Trinajstić information content (AvgIpc) is 2.86. The first-order valence-corrected chi connectivity index (χ1v) is 11.9. The molecule has 1 saturated heterocycles. The summed E-state index contributed by atoms with van der Waals surface area (Å²) in [5.74, 6) is 0.163. The van der Waals surface area contributed by atoms with Crippen molar-refractivity contribution in [3.63, 3.8) is 0 Å². The highest BCUT2D eigenvalue weighted by Crippen LogP contribution is 2.36. The van der Waals surface area contributed by atoms with Gasteiger partial charge >= 0.3 is 0 Å². The molecule has 0 spiro atoms. The first-order valence-electron chi connectivity index (χ1n) is 11.1. The number of aliphatic imine (C=N–C) groups is 1. The van der Waals surface area contributed by atoms with E-state index in [1.54, 1.807) is 0 Å². The Kier molecular flexibility index (Phi) is 9.88. The lowest BCUT2D eigenvalue weighted by Crippen LogP contribution is -2.35. The molecule has 4 nitrogen and oxygen atoms in total. The van der Waals surface area contributed by atoms with Gasteiger partial charge in [-0.05, 0) is 26.2 Å². The number of nitrogens with zero attached hydrogens (tertiary/aromatic N) is 1. The second-order valence-corrected chi connectivity index (χ2v) is 9.95. The Hall–Kier alpha value is -0.840. The number of carbonyl (C=O) groups is 2. The Morgan fingerprint density at radius 1 is 1.07 bits per heavy atom. The van der Waals surface area contributed by atoms with Crippen LogP contribution in [-0.2, 0) is 9.59 Å². The number of nitrogens with one attached hydrogen (secondary N) is 1. The van der Waals surface area contributed by atoms with Gasteiger partial charge in [0.05, 0.1) is 6.04 Å². The van der Waals surface area contributed by atoms with Crippen LogP contribution >= 0.6 is 11.8 Å². The summed E-state index contributed by atoms with van der Waals surface area (Å²) in [4.78, 5) is 29.7. The smallest absolute Gasteiger partial charge is 0.242 e. The third-order valence-electron chi connectivity index (χ3n) is 5.74. The SMILES string of the molecule is CCCCCCCCC(=O)CC1(C)SC(=NC2CCCCCCC2)NC1=O. The molecule has 1 unspecified atom stereocenters. The summed E-state index contributed by atoms with van der Waals surface area (Å²) >= 11 is 1.47. The van der Waals surface area contributed by atoms with Crippen molar-refractivity contribution >= 4 is 28.6 Å². The lowest BCUT2D eigenvalue weighted by molar-refractivity contribution is -0.126. The van der Waals surface area contributed by atoms with Crippen molar-refractivity contribution in [2.75, 3.05) is 0 Å². The van der Waals surface area contributed by atoms with Crippen molar-refractivity contribution in [2.45, 2.75) is 121 Å². The molecule has 5 heteroatoms. The van der Waals surface area contributed by atoms with E-state index in [-0.39, 0.29) is 11.7 Å². The van der Waals surface area contributed by atoms with Crippen molar-refractivity contribution < 1.29 is 9.59 Å². The van der Waals surface area contributed by atoms with Crippen molar-refractivity contribution in [3.05, 3.63) is 0 Å². The van der Waals surface area contributed by atoms with Gasteiger partial charge in [-0.2, -0.15) is 0 Å². The highest BCUT2D eigenvalue weighted by atomic mass is 32.2. The number of unbranched alkanes of at least 4 members (excludes halogenated alkanes) is 5. The fourth-order valence-corrected chi connectivity index (χ4v) is 5.14. The van der Waals surface area contributed by atoms with Crippen LogP contribution in [0, 0.1) is 0 Å². The number of hydrogen-bond acceptors (Lipinski definition) is 4. The summed E-state index contributed by atoms with van der Waals surface area (Å²) in [6.07, 6.45) is 16.6. The van der Waals surface area contributed by atoms with Gasteiger partial charge in [-0.25, -0.2) is 0 Å². The van der Waals surface area contributed by atoms with E-state index in [4.69, 9.17) is 4.99 Å². The molecular formula is C22H38N2O2S. The van der Waals surface area contributed by atoms with Crippen molar-refractivity contribution in [1.82, 2.24) is 5.32 Å². The first kappa shape index (κ1) is 22.4. The molecule has 27 heavy (non-hydrogen) atoms. The molecule has 1 saturated carbocycles. The van der Waals surface area contributed by atoms with Gasteiger partial charge in [0.25, 0.3) is 0 Å². The third kappa shape index (κ3) is 7.97. The average molecular weight is 395 g/mol. The summed E-state index contributed by atoms with van der Waals surface area (Å²) in [6.45, 7) is 4.11. The number of thioether (sulfide) groups is 1. The van der Waals surface area contributed by atoms with Crippen LogP contribution in [-0.4, -0.2) is 27.6 Å². The number of ketones is 1. The van der Waals surface area contributed by atoms with Gasteiger partial charge in [0, 0.05) is 12.8 Å². The van der Waals surface area contributed by atoms with Gasteiger partial charge in [-0.3, -0.25) is 14.6 Å². The van der Waals surface area contributed by atoms with Crippen LogP contribution in [0.1, 0.15) is 110 Å². The number of Topliss-reactive ketones (excluding diaryl/α,β-unsaturated/α-hetero) is 1. The van der Waals surface area contributed by atoms with E-state index >= 15 is 0 Å². The second-order valence-electron chi connectivity index (χ2n) is 8.45. The van der Waals surface area contributed by atoms with Crippen LogP contribution in [0.25, 0.3) is 0 Å². The summed E-state index contributed by atoms with van der Waals surface area (Å²) < 4.78 is -0.681. The minimum atomic E-state index is -0.681. The lowest BCUT2D eigenvalue weighted by Gasteiger charge is -2.18. The standard InChI is InChI=1S/C22H38N2O2S/c1-3-4-5-6-10-13-16-19(25)17-22(2)20(26)24-21(27-22)23-18-14-11-8-7-9-12-15-18/h18H,3-17H2,1-2H3,(H,23,24,26). The van der Waals surface area contributed by atoms with Crippen molar-refractivity contribution in [1.29, 1.82) is 0 Å². The zero-order valence-electron chi connectivity index (χ0n) is 17.4. The molecule has 2 fully saturated rings. The van der Waals surface area contributed by atoms with Crippen LogP contribution < -0.4 is 5.32 Å². The van der Waals surface area contributed by atoms with Crippen molar-refractivity contribution in [3.8, 4) is 0 Å². The van der Waals surface area contributed by atoms with Crippen LogP contribution in [0.3, 0.4) is 0 Å². The van der Waals surface area contributed by atoms with Gasteiger partial charge in [-0.15, -0.1) is 0 Å². The third-order valence-corrected chi connectivity index (χ3v) is 6.92. The molecule has 1 atom stereocenters. The van der Waals surface area contributed by atoms with Crippen LogP contribution in [0.2, 0.25) is 0 Å². The van der Waals surface area contributed by atoms with E-state index in [1.165, 1.54) is 69.5 Å². The van der Waals surface area contributed by atoms with Crippen LogP contribution in [0.4, 0.5) is 0 Å². The molecule has 1 N–H and O–H groups in total. The summed E-state index contributed by atoms with van der Waals surface area (Å²) in [7, 11) is 0. The molecule has 1 aliphatic heterocycles. The minimum Gasteiger partial charge on any atom is -0.304 e. The predicted molar refractivity (Wildman–Crippen MR) is 115 cm³/mol. The monoisotopic (exact) mass is 394 g/mol. The summed E-state index contributed by atoms with van der Waals surface area (Å²) in [6, 6.07) is 0.328. The molecule has 0 aromatic heterocycles. The van der Waals surface area contributed by atoms with Gasteiger partial charge in [0.2, 0.25) is 5.91 Å². The number of hydrogen-bond donors (Lipinski definition) is 1. The highest BCUT2D eigenvalue weighted by Gasteiger charge is 2.44. The van der Waals surface area contributed by atoms with E-state index in [2.05, 4.69) is 12.2 Å². The maximum Gasteiger partial charge on any atom is 0.242 e. The fourth-order valence-electron chi connectivity index (χ4n) is 3.99. The molecule has 2 aliphatic rings. The van der Waals surface area contributed by atoms with Crippen LogP contribution in [0.5, 0.6) is 0 Å². The van der Waals surface area contributed by atoms with E-state index < -0.39 is 4.75 Å². The zero-order chi connectivity index (χ0) is 19.5. The quantitative estimate of drug-likeness (QED) is 0.477. The maximum atomic E-state index is 12.5. The summed E-state index contributed by atoms with van der Waals surface area (Å²) in [5, 5.41) is 3.68. The lowest BCUT2D eigenvalue weighted by atomic mass is 9.97. The molecule has 0 aromatic carbocycles. The fraction of sp³-hybridized carbons (Fsp3) is 0.864. The number of amides is 1. The van der Waals surface area contributed by atoms with Gasteiger partial charge in [0.1, 0.15) is 10.5 Å². The molecule has 1 aliphatic carbocycles. The molecule has 1 amide bonds. The molecule has 1 heterocycles. The summed E-state index contributed by atoms with van der Waals surface area (Å²) in [5.41, 5.74) is 0. The Balaban J connectivity index is 1.78. The Bertz CT molecular complexity index is 512. The van der Waals surface area contributed by atoms with E-state index in [9.17, 15) is 9.59 Å². The number of rotatable bonds is 10. The van der Waals surface area contributed by atoms with Crippen LogP contribution in [0.15, 0.2) is 4.99 Å². The molecule has 2 rings (SSSR count). The second kappa shape index (κ2) is 11.9.